The number of rotatable bonds is 5. The molecule has 6 heteroatoms. The molecule has 1 aromatic heterocycles. The van der Waals surface area contributed by atoms with Crippen molar-refractivity contribution in [2.24, 2.45) is 16.9 Å². The summed E-state index contributed by atoms with van der Waals surface area (Å²) in [6.07, 6.45) is 5.66. The summed E-state index contributed by atoms with van der Waals surface area (Å²) in [4.78, 5) is 12.4. The normalized spacial score (nSPS) is 19.5. The molecule has 1 heterocycles. The molecule has 19 heavy (non-hydrogen) atoms. The van der Waals surface area contributed by atoms with Gasteiger partial charge in [-0.2, -0.15) is 0 Å². The summed E-state index contributed by atoms with van der Waals surface area (Å²) in [6.45, 7) is 0. The lowest BCUT2D eigenvalue weighted by atomic mass is 9.77. The van der Waals surface area contributed by atoms with Crippen molar-refractivity contribution in [3.05, 3.63) is 19.8 Å². The molecule has 1 saturated carbocycles. The first-order chi connectivity index (χ1) is 8.92. The van der Waals surface area contributed by atoms with Gasteiger partial charge >= 0.3 is 0 Å². The Labute approximate surface area is 130 Å². The molecule has 1 fully saturated rings. The number of hydrogen-bond donors (Lipinski definition) is 2. The summed E-state index contributed by atoms with van der Waals surface area (Å²) < 4.78 is 1.61. The van der Waals surface area contributed by atoms with Crippen molar-refractivity contribution in [3.63, 3.8) is 0 Å². The van der Waals surface area contributed by atoms with Crippen LogP contribution in [0, 0.1) is 5.41 Å². The second-order valence-electron chi connectivity index (χ2n) is 5.43. The van der Waals surface area contributed by atoms with Crippen LogP contribution in [0.1, 0.15) is 49.4 Å². The van der Waals surface area contributed by atoms with Gasteiger partial charge < -0.3 is 11.5 Å². The Morgan fingerprint density at radius 3 is 2.63 bits per heavy atom. The monoisotopic (exact) mass is 364 g/mol. The molecule has 1 aromatic rings. The van der Waals surface area contributed by atoms with Crippen LogP contribution in [0.25, 0.3) is 0 Å². The predicted octanol–water partition coefficient (Wildman–Crippen LogP) is 3.99. The van der Waals surface area contributed by atoms with Crippen LogP contribution in [0.15, 0.2) is 10.5 Å². The number of primary amides is 1. The fourth-order valence-electron chi connectivity index (χ4n) is 3.06. The van der Waals surface area contributed by atoms with Gasteiger partial charge in [0.15, 0.2) is 0 Å². The van der Waals surface area contributed by atoms with Crippen molar-refractivity contribution in [2.75, 3.05) is 0 Å². The Bertz CT molecular complexity index is 452. The molecule has 0 spiro atoms. The first kappa shape index (κ1) is 15.3. The van der Waals surface area contributed by atoms with Crippen molar-refractivity contribution in [1.82, 2.24) is 0 Å². The molecule has 1 aliphatic carbocycles. The minimum atomic E-state index is -0.223. The van der Waals surface area contributed by atoms with Crippen molar-refractivity contribution >= 4 is 44.8 Å². The highest BCUT2D eigenvalue weighted by Gasteiger charge is 2.37. The zero-order chi connectivity index (χ0) is 14.0. The number of nitrogens with two attached hydrogens (primary N) is 2. The Kier molecular flexibility index (Phi) is 4.93. The molecule has 106 valence electrons. The number of thiophene rings is 1. The smallest absolute Gasteiger partial charge is 0.217 e. The van der Waals surface area contributed by atoms with E-state index in [2.05, 4.69) is 15.9 Å². The van der Waals surface area contributed by atoms with E-state index in [9.17, 15) is 4.79 Å². The molecule has 0 aromatic carbocycles. The maximum Gasteiger partial charge on any atom is 0.217 e. The molecule has 3 nitrogen and oxygen atoms in total. The summed E-state index contributed by atoms with van der Waals surface area (Å²) in [7, 11) is 0. The van der Waals surface area contributed by atoms with Crippen LogP contribution in [-0.4, -0.2) is 5.91 Å². The molecule has 1 unspecified atom stereocenters. The van der Waals surface area contributed by atoms with Gasteiger partial charge in [-0.25, -0.2) is 0 Å². The molecule has 0 bridgehead atoms. The van der Waals surface area contributed by atoms with E-state index in [1.165, 1.54) is 11.3 Å². The molecule has 1 aliphatic rings. The van der Waals surface area contributed by atoms with E-state index in [-0.39, 0.29) is 17.4 Å². The first-order valence-electron chi connectivity index (χ1n) is 6.40. The van der Waals surface area contributed by atoms with Gasteiger partial charge in [-0.15, -0.1) is 11.3 Å². The third-order valence-corrected chi connectivity index (χ3v) is 6.50. The fourth-order valence-corrected chi connectivity index (χ4v) is 4.80. The highest BCUT2D eigenvalue weighted by molar-refractivity contribution is 9.10. The summed E-state index contributed by atoms with van der Waals surface area (Å²) in [5, 5.41) is 0. The van der Waals surface area contributed by atoms with E-state index < -0.39 is 0 Å². The van der Waals surface area contributed by atoms with E-state index in [1.54, 1.807) is 0 Å². The molecular formula is C13H18BrClN2OS. The maximum absolute atomic E-state index is 11.3. The molecule has 0 saturated heterocycles. The second-order valence-corrected chi connectivity index (χ2v) is 7.97. The van der Waals surface area contributed by atoms with E-state index >= 15 is 0 Å². The van der Waals surface area contributed by atoms with Crippen LogP contribution in [-0.2, 0) is 4.79 Å². The van der Waals surface area contributed by atoms with Gasteiger partial charge in [-0.3, -0.25) is 4.79 Å². The minimum Gasteiger partial charge on any atom is -0.370 e. The Hall–Kier alpha value is -0.100. The van der Waals surface area contributed by atoms with Gasteiger partial charge in [-0.05, 0) is 46.7 Å². The Morgan fingerprint density at radius 2 is 2.16 bits per heavy atom. The maximum atomic E-state index is 11.3. The lowest BCUT2D eigenvalue weighted by Crippen LogP contribution is -2.29. The highest BCUT2D eigenvalue weighted by Crippen LogP contribution is 2.48. The van der Waals surface area contributed by atoms with Crippen molar-refractivity contribution in [3.8, 4) is 0 Å². The predicted molar refractivity (Wildman–Crippen MR) is 83.3 cm³/mol. The molecule has 0 radical (unpaired) electrons. The first-order valence-corrected chi connectivity index (χ1v) is 8.39. The van der Waals surface area contributed by atoms with Gasteiger partial charge in [0.25, 0.3) is 0 Å². The summed E-state index contributed by atoms with van der Waals surface area (Å²) in [5.74, 6) is -0.223. The average molecular weight is 366 g/mol. The largest absolute Gasteiger partial charge is 0.370 e. The Morgan fingerprint density at radius 1 is 1.53 bits per heavy atom. The van der Waals surface area contributed by atoms with Gasteiger partial charge in [-0.1, -0.05) is 24.4 Å². The van der Waals surface area contributed by atoms with Gasteiger partial charge in [0.1, 0.15) is 4.34 Å². The molecule has 4 N–H and O–H groups in total. The van der Waals surface area contributed by atoms with Crippen molar-refractivity contribution in [2.45, 2.75) is 44.6 Å². The van der Waals surface area contributed by atoms with Crippen LogP contribution >= 0.6 is 38.9 Å². The number of carbonyl (C=O) groups is 1. The summed E-state index contributed by atoms with van der Waals surface area (Å²) in [6, 6.07) is 1.90. The zero-order valence-corrected chi connectivity index (χ0v) is 13.8. The van der Waals surface area contributed by atoms with Crippen LogP contribution < -0.4 is 11.5 Å². The van der Waals surface area contributed by atoms with Gasteiger partial charge in [0, 0.05) is 21.8 Å². The van der Waals surface area contributed by atoms with Crippen molar-refractivity contribution in [1.29, 1.82) is 0 Å². The molecule has 0 aliphatic heterocycles. The zero-order valence-electron chi connectivity index (χ0n) is 10.6. The third-order valence-electron chi connectivity index (χ3n) is 3.90. The SMILES string of the molecule is NC(=O)CC1(CC(N)c2cc(Br)c(Cl)s2)CCCC1. The van der Waals surface area contributed by atoms with E-state index in [0.29, 0.717) is 6.42 Å². The third kappa shape index (κ3) is 3.72. The van der Waals surface area contributed by atoms with E-state index in [1.807, 2.05) is 6.07 Å². The number of hydrogen-bond acceptors (Lipinski definition) is 3. The summed E-state index contributed by atoms with van der Waals surface area (Å²) >= 11 is 11.0. The molecule has 2 rings (SSSR count). The van der Waals surface area contributed by atoms with Gasteiger partial charge in [0.05, 0.1) is 0 Å². The van der Waals surface area contributed by atoms with E-state index in [4.69, 9.17) is 23.1 Å². The average Bonchev–Trinajstić information content (AvgIpc) is 2.87. The summed E-state index contributed by atoms with van der Waals surface area (Å²) in [5.41, 5.74) is 11.7. The number of carbonyl (C=O) groups excluding carboxylic acids is 1. The fraction of sp³-hybridized carbons (Fsp3) is 0.615. The second kappa shape index (κ2) is 6.12. The quantitative estimate of drug-likeness (QED) is 0.828. The lowest BCUT2D eigenvalue weighted by Gasteiger charge is -2.30. The standard InChI is InChI=1S/C13H18BrClN2OS/c14-8-5-10(19-12(8)15)9(16)6-13(7-11(17)18)3-1-2-4-13/h5,9H,1-4,6-7,16H2,(H2,17,18). The van der Waals surface area contributed by atoms with Crippen molar-refractivity contribution < 1.29 is 4.79 Å². The van der Waals surface area contributed by atoms with Crippen LogP contribution in [0.2, 0.25) is 4.34 Å². The van der Waals surface area contributed by atoms with Crippen LogP contribution in [0.5, 0.6) is 0 Å². The van der Waals surface area contributed by atoms with Crippen LogP contribution in [0.3, 0.4) is 0 Å². The molecule has 1 amide bonds. The molecule has 1 atom stereocenters. The number of amides is 1. The topological polar surface area (TPSA) is 69.1 Å². The van der Waals surface area contributed by atoms with Gasteiger partial charge in [0.2, 0.25) is 5.91 Å². The number of halogens is 2. The minimum absolute atomic E-state index is 0.00576. The highest BCUT2D eigenvalue weighted by atomic mass is 79.9. The van der Waals surface area contributed by atoms with E-state index in [0.717, 1.165) is 45.8 Å². The lowest BCUT2D eigenvalue weighted by molar-refractivity contribution is -0.120. The van der Waals surface area contributed by atoms with Crippen LogP contribution in [0.4, 0.5) is 0 Å². The molecular weight excluding hydrogens is 348 g/mol. The Balaban J connectivity index is 2.10.